The number of carbonyl (C=O) groups excluding carboxylic acids is 2. The van der Waals surface area contributed by atoms with Crippen LogP contribution in [0.4, 0.5) is 4.79 Å². The molecule has 0 heterocycles. The number of hydrogen-bond donors (Lipinski definition) is 0. The van der Waals surface area contributed by atoms with Crippen molar-refractivity contribution in [1.29, 1.82) is 0 Å². The molecule has 154 valence electrons. The van der Waals surface area contributed by atoms with Gasteiger partial charge in [-0.25, -0.2) is 4.79 Å². The van der Waals surface area contributed by atoms with E-state index in [4.69, 9.17) is 14.2 Å². The van der Waals surface area contributed by atoms with E-state index in [9.17, 15) is 9.59 Å². The molecule has 5 heteroatoms. The van der Waals surface area contributed by atoms with Crippen molar-refractivity contribution in [2.75, 3.05) is 7.11 Å². The van der Waals surface area contributed by atoms with E-state index in [1.165, 1.54) is 0 Å². The molecule has 0 bridgehead atoms. The summed E-state index contributed by atoms with van der Waals surface area (Å²) >= 11 is 0. The van der Waals surface area contributed by atoms with Gasteiger partial charge in [-0.15, -0.1) is 0 Å². The molecule has 5 nitrogen and oxygen atoms in total. The van der Waals surface area contributed by atoms with Crippen LogP contribution < -0.4 is 4.74 Å². The lowest BCUT2D eigenvalue weighted by Gasteiger charge is -2.28. The maximum absolute atomic E-state index is 12.3. The van der Waals surface area contributed by atoms with Gasteiger partial charge in [0.25, 0.3) is 0 Å². The van der Waals surface area contributed by atoms with Crippen molar-refractivity contribution < 1.29 is 23.8 Å². The summed E-state index contributed by atoms with van der Waals surface area (Å²) in [5.41, 5.74) is 2.53. The molecule has 0 N–H and O–H groups in total. The van der Waals surface area contributed by atoms with Gasteiger partial charge >= 0.3 is 6.16 Å². The highest BCUT2D eigenvalue weighted by Gasteiger charge is 2.31. The van der Waals surface area contributed by atoms with Crippen LogP contribution in [0.25, 0.3) is 11.1 Å². The number of methoxy groups -OCH3 is 1. The third kappa shape index (κ3) is 5.26. The van der Waals surface area contributed by atoms with Gasteiger partial charge in [0.15, 0.2) is 0 Å². The van der Waals surface area contributed by atoms with Crippen LogP contribution in [0.15, 0.2) is 78.9 Å². The maximum Gasteiger partial charge on any atom is 0.509 e. The lowest BCUT2D eigenvalue weighted by molar-refractivity contribution is -0.113. The number of ether oxygens (including phenoxy) is 3. The molecule has 30 heavy (non-hydrogen) atoms. The van der Waals surface area contributed by atoms with Crippen LogP contribution in [-0.4, -0.2) is 19.6 Å². The van der Waals surface area contributed by atoms with Crippen LogP contribution >= 0.6 is 0 Å². The quantitative estimate of drug-likeness (QED) is 0.365. The molecule has 0 aliphatic carbocycles. The molecular formula is C25H24O5. The molecule has 3 rings (SSSR count). The van der Waals surface area contributed by atoms with Crippen LogP contribution in [-0.2, 0) is 26.5 Å². The summed E-state index contributed by atoms with van der Waals surface area (Å²) in [7, 11) is 1.59. The van der Waals surface area contributed by atoms with Crippen molar-refractivity contribution >= 4 is 12.4 Å². The van der Waals surface area contributed by atoms with E-state index < -0.39 is 11.8 Å². The molecule has 3 aromatic rings. The largest absolute Gasteiger partial charge is 0.509 e. The third-order valence-electron chi connectivity index (χ3n) is 4.90. The van der Waals surface area contributed by atoms with Gasteiger partial charge in [0.2, 0.25) is 0 Å². The lowest BCUT2D eigenvalue weighted by atomic mass is 9.91. The fourth-order valence-electron chi connectivity index (χ4n) is 3.10. The van der Waals surface area contributed by atoms with Gasteiger partial charge in [-0.2, -0.15) is 0 Å². The Labute approximate surface area is 176 Å². The molecule has 1 atom stereocenters. The third-order valence-corrected chi connectivity index (χ3v) is 4.90. The number of aldehydes is 1. The molecule has 0 aromatic heterocycles. The van der Waals surface area contributed by atoms with Gasteiger partial charge in [-0.3, -0.25) is 0 Å². The fraction of sp³-hybridized carbons (Fsp3) is 0.200. The minimum atomic E-state index is -1.12. The molecular weight excluding hydrogens is 380 g/mol. The Morgan fingerprint density at radius 2 is 1.53 bits per heavy atom. The van der Waals surface area contributed by atoms with Crippen molar-refractivity contribution in [3.63, 3.8) is 0 Å². The Morgan fingerprint density at radius 1 is 0.900 bits per heavy atom. The highest BCUT2D eigenvalue weighted by molar-refractivity contribution is 5.65. The first kappa shape index (κ1) is 21.1. The lowest BCUT2D eigenvalue weighted by Crippen LogP contribution is -2.30. The second-order valence-electron chi connectivity index (χ2n) is 7.03. The van der Waals surface area contributed by atoms with Crippen molar-refractivity contribution in [3.8, 4) is 16.9 Å². The summed E-state index contributed by atoms with van der Waals surface area (Å²) < 4.78 is 15.9. The van der Waals surface area contributed by atoms with E-state index in [1.54, 1.807) is 38.3 Å². The van der Waals surface area contributed by atoms with Crippen LogP contribution in [0.5, 0.6) is 5.75 Å². The smallest absolute Gasteiger partial charge is 0.497 e. The average Bonchev–Trinajstić information content (AvgIpc) is 2.79. The van der Waals surface area contributed by atoms with E-state index >= 15 is 0 Å². The molecule has 0 saturated heterocycles. The number of benzene rings is 3. The molecule has 0 amide bonds. The SMILES string of the molecule is COc1ccc(COC(=O)OC(C)(CC=O)c2ccc(-c3ccccc3)cc2)cc1. The number of rotatable bonds is 8. The highest BCUT2D eigenvalue weighted by Crippen LogP contribution is 2.31. The minimum Gasteiger partial charge on any atom is -0.497 e. The minimum absolute atomic E-state index is 0.0231. The monoisotopic (exact) mass is 404 g/mol. The summed E-state index contributed by atoms with van der Waals surface area (Å²) in [4.78, 5) is 23.6. The highest BCUT2D eigenvalue weighted by atomic mass is 16.7. The zero-order chi connectivity index (χ0) is 21.4. The average molecular weight is 404 g/mol. The van der Waals surface area contributed by atoms with Crippen LogP contribution in [0.2, 0.25) is 0 Å². The molecule has 0 fully saturated rings. The van der Waals surface area contributed by atoms with Crippen LogP contribution in [0.1, 0.15) is 24.5 Å². The second-order valence-corrected chi connectivity index (χ2v) is 7.03. The van der Waals surface area contributed by atoms with Gasteiger partial charge in [0, 0.05) is 6.42 Å². The first-order valence-corrected chi connectivity index (χ1v) is 9.62. The molecule has 0 aliphatic heterocycles. The van der Waals surface area contributed by atoms with Gasteiger partial charge < -0.3 is 19.0 Å². The molecule has 3 aromatic carbocycles. The van der Waals surface area contributed by atoms with Gasteiger partial charge in [0.05, 0.1) is 7.11 Å². The molecule has 1 unspecified atom stereocenters. The Kier molecular flexibility index (Phi) is 6.86. The van der Waals surface area contributed by atoms with Gasteiger partial charge in [-0.05, 0) is 41.3 Å². The summed E-state index contributed by atoms with van der Waals surface area (Å²) in [6.07, 6.45) is -0.0701. The summed E-state index contributed by atoms with van der Waals surface area (Å²) in [6, 6.07) is 24.7. The van der Waals surface area contributed by atoms with E-state index in [-0.39, 0.29) is 13.0 Å². The van der Waals surface area contributed by atoms with Crippen molar-refractivity contribution in [2.45, 2.75) is 25.6 Å². The summed E-state index contributed by atoms with van der Waals surface area (Å²) in [6.45, 7) is 1.76. The first-order valence-electron chi connectivity index (χ1n) is 9.62. The van der Waals surface area contributed by atoms with E-state index in [0.717, 1.165) is 34.3 Å². The van der Waals surface area contributed by atoms with Crippen molar-refractivity contribution in [1.82, 2.24) is 0 Å². The zero-order valence-electron chi connectivity index (χ0n) is 17.0. The number of carbonyl (C=O) groups is 2. The van der Waals surface area contributed by atoms with Gasteiger partial charge in [0.1, 0.15) is 24.2 Å². The number of hydrogen-bond acceptors (Lipinski definition) is 5. The Morgan fingerprint density at radius 3 is 2.13 bits per heavy atom. The standard InChI is InChI=1S/C25H24O5/c1-25(16-17-26,22-12-10-21(11-13-22)20-6-4-3-5-7-20)30-24(27)29-18-19-8-14-23(28-2)15-9-19/h3-15,17H,16,18H2,1-2H3. The Bertz CT molecular complexity index is 965. The molecule has 0 radical (unpaired) electrons. The van der Waals surface area contributed by atoms with Crippen molar-refractivity contribution in [3.05, 3.63) is 90.0 Å². The molecule has 0 spiro atoms. The van der Waals surface area contributed by atoms with E-state index in [0.29, 0.717) is 0 Å². The predicted octanol–water partition coefficient (Wildman–Crippen LogP) is 5.52. The van der Waals surface area contributed by atoms with Crippen LogP contribution in [0, 0.1) is 0 Å². The molecule has 0 aliphatic rings. The maximum atomic E-state index is 12.3. The second kappa shape index (κ2) is 9.74. The fourth-order valence-corrected chi connectivity index (χ4v) is 3.10. The van der Waals surface area contributed by atoms with Gasteiger partial charge in [-0.1, -0.05) is 66.7 Å². The van der Waals surface area contributed by atoms with Crippen LogP contribution in [0.3, 0.4) is 0 Å². The van der Waals surface area contributed by atoms with E-state index in [1.807, 2.05) is 54.6 Å². The van der Waals surface area contributed by atoms with Crippen molar-refractivity contribution in [2.24, 2.45) is 0 Å². The summed E-state index contributed by atoms with van der Waals surface area (Å²) in [5, 5.41) is 0. The zero-order valence-corrected chi connectivity index (χ0v) is 17.0. The molecule has 0 saturated carbocycles. The van der Waals surface area contributed by atoms with E-state index in [2.05, 4.69) is 0 Å². The summed E-state index contributed by atoms with van der Waals surface area (Å²) in [5.74, 6) is 0.721. The Balaban J connectivity index is 1.68. The Hall–Kier alpha value is -3.60. The predicted molar refractivity (Wildman–Crippen MR) is 114 cm³/mol. The topological polar surface area (TPSA) is 61.8 Å². The normalized spacial score (nSPS) is 12.5. The first-order chi connectivity index (χ1) is 14.5.